The van der Waals surface area contributed by atoms with Crippen LogP contribution >= 0.6 is 0 Å². The van der Waals surface area contributed by atoms with E-state index in [0.717, 1.165) is 0 Å². The first-order valence-corrected chi connectivity index (χ1v) is 2.84. The van der Waals surface area contributed by atoms with Gasteiger partial charge in [-0.1, -0.05) is 6.08 Å². The van der Waals surface area contributed by atoms with E-state index in [-0.39, 0.29) is 0 Å². The van der Waals surface area contributed by atoms with Crippen LogP contribution in [0.25, 0.3) is 0 Å². The lowest BCUT2D eigenvalue weighted by Gasteiger charge is -2.16. The summed E-state index contributed by atoms with van der Waals surface area (Å²) in [6.45, 7) is 6.03. The van der Waals surface area contributed by atoms with Crippen molar-refractivity contribution >= 4 is 0 Å². The maximum atomic E-state index is 5.47. The number of hydrogen-bond acceptors (Lipinski definition) is 2. The maximum absolute atomic E-state index is 5.47. The Labute approximate surface area is 50.9 Å². The standard InChI is InChI=1S/C6H14N2/c1-4-5-8(7)6(2)3/h4-6H,7H2,1-3H3/b5-4-. The minimum absolute atomic E-state index is 0.395. The molecule has 0 atom stereocenters. The average molecular weight is 114 g/mol. The van der Waals surface area contributed by atoms with Crippen LogP contribution in [-0.4, -0.2) is 11.1 Å². The van der Waals surface area contributed by atoms with Gasteiger partial charge >= 0.3 is 0 Å². The molecule has 0 aromatic carbocycles. The van der Waals surface area contributed by atoms with E-state index >= 15 is 0 Å². The van der Waals surface area contributed by atoms with Crippen molar-refractivity contribution in [2.45, 2.75) is 26.8 Å². The third kappa shape index (κ3) is 2.64. The average Bonchev–Trinajstić information content (AvgIpc) is 1.67. The second kappa shape index (κ2) is 3.50. The van der Waals surface area contributed by atoms with E-state index in [1.807, 2.05) is 33.0 Å². The minimum atomic E-state index is 0.395. The highest BCUT2D eigenvalue weighted by molar-refractivity contribution is 4.76. The minimum Gasteiger partial charge on any atom is -0.316 e. The SMILES string of the molecule is C/C=C\N(N)C(C)C. The molecule has 48 valence electrons. The summed E-state index contributed by atoms with van der Waals surface area (Å²) in [4.78, 5) is 0. The predicted molar refractivity (Wildman–Crippen MR) is 36.0 cm³/mol. The van der Waals surface area contributed by atoms with Gasteiger partial charge in [0, 0.05) is 12.2 Å². The molecule has 0 saturated carbocycles. The Hall–Kier alpha value is -0.500. The van der Waals surface area contributed by atoms with Crippen molar-refractivity contribution in [2.75, 3.05) is 0 Å². The molecule has 2 N–H and O–H groups in total. The summed E-state index contributed by atoms with van der Waals surface area (Å²) in [5.41, 5.74) is 0. The van der Waals surface area contributed by atoms with E-state index in [4.69, 9.17) is 5.84 Å². The van der Waals surface area contributed by atoms with Gasteiger partial charge in [-0.25, -0.2) is 5.84 Å². The molecule has 0 bridgehead atoms. The van der Waals surface area contributed by atoms with E-state index < -0.39 is 0 Å². The third-order valence-corrected chi connectivity index (χ3v) is 0.917. The fourth-order valence-corrected chi connectivity index (χ4v) is 0.344. The Balaban J connectivity index is 3.47. The van der Waals surface area contributed by atoms with Crippen LogP contribution in [0.5, 0.6) is 0 Å². The molecule has 8 heavy (non-hydrogen) atoms. The molecule has 0 spiro atoms. The second-order valence-corrected chi connectivity index (χ2v) is 2.02. The predicted octanol–water partition coefficient (Wildman–Crippen LogP) is 1.10. The van der Waals surface area contributed by atoms with E-state index in [1.54, 1.807) is 5.01 Å². The maximum Gasteiger partial charge on any atom is 0.0389 e. The summed E-state index contributed by atoms with van der Waals surface area (Å²) >= 11 is 0. The van der Waals surface area contributed by atoms with Gasteiger partial charge in [0.1, 0.15) is 0 Å². The van der Waals surface area contributed by atoms with E-state index in [0.29, 0.717) is 6.04 Å². The van der Waals surface area contributed by atoms with Crippen molar-refractivity contribution in [3.63, 3.8) is 0 Å². The molecule has 0 radical (unpaired) electrons. The molecule has 0 heterocycles. The molecule has 0 rings (SSSR count). The van der Waals surface area contributed by atoms with E-state index in [1.165, 1.54) is 0 Å². The zero-order chi connectivity index (χ0) is 6.57. The van der Waals surface area contributed by atoms with Gasteiger partial charge in [-0.2, -0.15) is 0 Å². The lowest BCUT2D eigenvalue weighted by atomic mass is 10.4. The van der Waals surface area contributed by atoms with Crippen LogP contribution in [0.4, 0.5) is 0 Å². The molecule has 0 saturated heterocycles. The van der Waals surface area contributed by atoms with Gasteiger partial charge < -0.3 is 5.01 Å². The topological polar surface area (TPSA) is 29.3 Å². The van der Waals surface area contributed by atoms with E-state index in [9.17, 15) is 0 Å². The largest absolute Gasteiger partial charge is 0.316 e. The first-order chi connectivity index (χ1) is 3.68. The van der Waals surface area contributed by atoms with Crippen LogP contribution in [0.15, 0.2) is 12.3 Å². The van der Waals surface area contributed by atoms with Gasteiger partial charge in [-0.3, -0.25) is 0 Å². The molecule has 0 aromatic rings. The summed E-state index contributed by atoms with van der Waals surface area (Å²) < 4.78 is 0. The molecular weight excluding hydrogens is 100 g/mol. The van der Waals surface area contributed by atoms with Crippen molar-refractivity contribution in [1.29, 1.82) is 0 Å². The van der Waals surface area contributed by atoms with Crippen LogP contribution in [0.1, 0.15) is 20.8 Å². The van der Waals surface area contributed by atoms with Crippen LogP contribution in [-0.2, 0) is 0 Å². The first kappa shape index (κ1) is 7.50. The Kier molecular flexibility index (Phi) is 3.28. The van der Waals surface area contributed by atoms with Crippen molar-refractivity contribution in [1.82, 2.24) is 5.01 Å². The fraction of sp³-hybridized carbons (Fsp3) is 0.667. The molecule has 0 aromatic heterocycles. The molecule has 0 aliphatic carbocycles. The smallest absolute Gasteiger partial charge is 0.0389 e. The van der Waals surface area contributed by atoms with Crippen LogP contribution in [0, 0.1) is 0 Å². The summed E-state index contributed by atoms with van der Waals surface area (Å²) in [6.07, 6.45) is 3.77. The highest BCUT2D eigenvalue weighted by atomic mass is 15.4. The summed E-state index contributed by atoms with van der Waals surface area (Å²) in [7, 11) is 0. The summed E-state index contributed by atoms with van der Waals surface area (Å²) in [6, 6.07) is 0.395. The number of allylic oxidation sites excluding steroid dienone is 1. The molecule has 0 fully saturated rings. The molecule has 0 aliphatic rings. The van der Waals surface area contributed by atoms with Gasteiger partial charge in [0.15, 0.2) is 0 Å². The molecule has 0 unspecified atom stereocenters. The highest BCUT2D eigenvalue weighted by Gasteiger charge is 1.93. The number of rotatable bonds is 2. The van der Waals surface area contributed by atoms with Gasteiger partial charge in [0.05, 0.1) is 0 Å². The van der Waals surface area contributed by atoms with Crippen molar-refractivity contribution in [2.24, 2.45) is 5.84 Å². The quantitative estimate of drug-likeness (QED) is 0.430. The van der Waals surface area contributed by atoms with Crippen molar-refractivity contribution in [3.05, 3.63) is 12.3 Å². The van der Waals surface area contributed by atoms with Crippen LogP contribution < -0.4 is 5.84 Å². The van der Waals surface area contributed by atoms with Crippen LogP contribution in [0.3, 0.4) is 0 Å². The van der Waals surface area contributed by atoms with Crippen LogP contribution in [0.2, 0.25) is 0 Å². The zero-order valence-electron chi connectivity index (χ0n) is 5.76. The van der Waals surface area contributed by atoms with Gasteiger partial charge in [-0.05, 0) is 20.8 Å². The van der Waals surface area contributed by atoms with E-state index in [2.05, 4.69) is 0 Å². The molecule has 2 heteroatoms. The first-order valence-electron chi connectivity index (χ1n) is 2.84. The summed E-state index contributed by atoms with van der Waals surface area (Å²) in [5.74, 6) is 5.47. The number of nitrogens with two attached hydrogens (primary N) is 1. The highest BCUT2D eigenvalue weighted by Crippen LogP contribution is 1.88. The van der Waals surface area contributed by atoms with Gasteiger partial charge in [0.25, 0.3) is 0 Å². The molecule has 2 nitrogen and oxygen atoms in total. The third-order valence-electron chi connectivity index (χ3n) is 0.917. The molecule has 0 amide bonds. The van der Waals surface area contributed by atoms with Crippen molar-refractivity contribution < 1.29 is 0 Å². The second-order valence-electron chi connectivity index (χ2n) is 2.02. The van der Waals surface area contributed by atoms with Gasteiger partial charge in [0.2, 0.25) is 0 Å². The lowest BCUT2D eigenvalue weighted by Crippen LogP contribution is -2.31. The molecule has 0 aliphatic heterocycles. The molecular formula is C6H14N2. The van der Waals surface area contributed by atoms with Crippen molar-refractivity contribution in [3.8, 4) is 0 Å². The lowest BCUT2D eigenvalue weighted by molar-refractivity contribution is 0.322. The zero-order valence-corrected chi connectivity index (χ0v) is 5.76. The Morgan fingerprint density at radius 1 is 1.50 bits per heavy atom. The Bertz CT molecular complexity index is 76.6. The monoisotopic (exact) mass is 114 g/mol. The Morgan fingerprint density at radius 2 is 2.00 bits per heavy atom. The fourth-order valence-electron chi connectivity index (χ4n) is 0.344. The number of hydrogen-bond donors (Lipinski definition) is 1. The number of nitrogens with zero attached hydrogens (tertiary/aromatic N) is 1. The number of hydrazine groups is 1. The van der Waals surface area contributed by atoms with Gasteiger partial charge in [-0.15, -0.1) is 0 Å². The summed E-state index contributed by atoms with van der Waals surface area (Å²) in [5, 5.41) is 1.67. The normalized spacial score (nSPS) is 11.1. The Morgan fingerprint density at radius 3 is 2.12 bits per heavy atom.